The molecule has 1 heterocycles. The van der Waals surface area contributed by atoms with Crippen molar-refractivity contribution in [2.24, 2.45) is 16.1 Å². The van der Waals surface area contributed by atoms with E-state index in [0.29, 0.717) is 12.5 Å². The van der Waals surface area contributed by atoms with E-state index in [9.17, 15) is 9.59 Å². The molecule has 0 bridgehead atoms. The van der Waals surface area contributed by atoms with Crippen molar-refractivity contribution in [1.82, 2.24) is 4.90 Å². The first kappa shape index (κ1) is 25.1. The summed E-state index contributed by atoms with van der Waals surface area (Å²) in [5.41, 5.74) is 3.00. The van der Waals surface area contributed by atoms with Crippen LogP contribution < -0.4 is 0 Å². The first-order valence-corrected chi connectivity index (χ1v) is 9.41. The monoisotopic (exact) mass is 378 g/mol. The molecule has 2 saturated carbocycles. The Morgan fingerprint density at radius 3 is 1.75 bits per heavy atom. The summed E-state index contributed by atoms with van der Waals surface area (Å²) in [5, 5.41) is 6.38. The normalized spacial score (nSPS) is 20.6. The Hall–Kier alpha value is -1.13. The molecule has 0 N–H and O–H groups in total. The van der Waals surface area contributed by atoms with Gasteiger partial charge in [0.25, 0.3) is 0 Å². The fraction of sp³-hybridized carbons (Fsp3) is 0.667. The minimum atomic E-state index is -0.523. The number of azo groups is 1. The van der Waals surface area contributed by atoms with E-state index in [1.165, 1.54) is 32.1 Å². The van der Waals surface area contributed by atoms with E-state index in [-0.39, 0.29) is 0 Å². The third-order valence-corrected chi connectivity index (χ3v) is 3.63. The van der Waals surface area contributed by atoms with E-state index in [1.54, 1.807) is 0 Å². The SMILES string of the molecule is C1CCCC1.C=C.CC.O=C1N=NC(=O)N1CC1[CH-]CCC1.[CH2]=[Fe+]. The zero-order valence-corrected chi connectivity index (χ0v) is 16.3. The number of nitrogens with zero attached hydrogens (tertiary/aromatic N) is 3. The van der Waals surface area contributed by atoms with Crippen molar-refractivity contribution in [1.29, 1.82) is 0 Å². The number of rotatable bonds is 2. The molecule has 139 valence electrons. The molecule has 6 heteroatoms. The molecule has 24 heavy (non-hydrogen) atoms. The van der Waals surface area contributed by atoms with Crippen LogP contribution in [0.3, 0.4) is 0 Å². The zero-order chi connectivity index (χ0) is 18.8. The van der Waals surface area contributed by atoms with Crippen LogP contribution in [0.5, 0.6) is 0 Å². The van der Waals surface area contributed by atoms with E-state index in [0.717, 1.165) is 24.2 Å². The average molecular weight is 378 g/mol. The van der Waals surface area contributed by atoms with Gasteiger partial charge in [-0.15, -0.1) is 19.1 Å². The molecular formula is C18H32FeN3O2. The van der Waals surface area contributed by atoms with Gasteiger partial charge >= 0.3 is 33.1 Å². The Morgan fingerprint density at radius 1 is 1.00 bits per heavy atom. The van der Waals surface area contributed by atoms with Crippen LogP contribution in [0.25, 0.3) is 0 Å². The van der Waals surface area contributed by atoms with Crippen LogP contribution in [0.15, 0.2) is 23.4 Å². The molecule has 0 radical (unpaired) electrons. The molecule has 1 unspecified atom stereocenters. The second kappa shape index (κ2) is 18.2. The molecule has 4 amide bonds. The van der Waals surface area contributed by atoms with Crippen LogP contribution in [0.1, 0.15) is 65.2 Å². The summed E-state index contributed by atoms with van der Waals surface area (Å²) in [4.78, 5) is 23.1. The van der Waals surface area contributed by atoms with Crippen molar-refractivity contribution in [2.45, 2.75) is 65.2 Å². The summed E-state index contributed by atoms with van der Waals surface area (Å²) in [7, 11) is 0. The third-order valence-electron chi connectivity index (χ3n) is 3.63. The van der Waals surface area contributed by atoms with Crippen molar-refractivity contribution in [3.05, 3.63) is 19.6 Å². The van der Waals surface area contributed by atoms with Gasteiger partial charge in [-0.1, -0.05) is 69.0 Å². The van der Waals surface area contributed by atoms with Gasteiger partial charge in [-0.3, -0.25) is 0 Å². The molecule has 3 aliphatic rings. The number of amides is 4. The first-order chi connectivity index (χ1) is 11.8. The third kappa shape index (κ3) is 10.6. The molecule has 0 aromatic heterocycles. The molecule has 2 fully saturated rings. The molecule has 0 aromatic rings. The number of urea groups is 2. The predicted octanol–water partition coefficient (Wildman–Crippen LogP) is 5.74. The summed E-state index contributed by atoms with van der Waals surface area (Å²) in [6.07, 6.45) is 12.9. The second-order valence-electron chi connectivity index (χ2n) is 5.07. The molecule has 0 aromatic carbocycles. The number of hydrogen-bond donors (Lipinski definition) is 0. The van der Waals surface area contributed by atoms with Gasteiger partial charge in [0.1, 0.15) is 0 Å². The van der Waals surface area contributed by atoms with Crippen LogP contribution in [0, 0.1) is 12.3 Å². The van der Waals surface area contributed by atoms with Gasteiger partial charge in [-0.2, -0.15) is 6.42 Å². The summed E-state index contributed by atoms with van der Waals surface area (Å²) in [5.74, 6) is 0.344. The van der Waals surface area contributed by atoms with Crippen molar-refractivity contribution in [2.75, 3.05) is 6.54 Å². The first-order valence-electron chi connectivity index (χ1n) is 8.63. The quantitative estimate of drug-likeness (QED) is 0.349. The van der Waals surface area contributed by atoms with Crippen LogP contribution in [0.4, 0.5) is 9.59 Å². The molecule has 0 spiro atoms. The average Bonchev–Trinajstić information content (AvgIpc) is 3.42. The summed E-state index contributed by atoms with van der Waals surface area (Å²) in [6, 6.07) is -1.05. The van der Waals surface area contributed by atoms with E-state index >= 15 is 0 Å². The standard InChI is InChI=1S/C8H10N3O2.C5H10.C2H6.C2H4.CH2.Fe/c12-7-9-10-8(13)11(7)5-6-3-1-2-4-6;1-2-4-5-3-1;2*1-2;;/h3,6H,1-2,4-5H2;1-5H2;1-2H3;1-2H2;1H2;/q-1;;;;;+1. The van der Waals surface area contributed by atoms with Crippen molar-refractivity contribution >= 4 is 17.5 Å². The molecule has 2 aliphatic carbocycles. The van der Waals surface area contributed by atoms with Crippen molar-refractivity contribution < 1.29 is 25.2 Å². The number of imide groups is 1. The topological polar surface area (TPSA) is 62.1 Å². The molecular weight excluding hydrogens is 346 g/mol. The van der Waals surface area contributed by atoms with Gasteiger partial charge in [-0.25, -0.2) is 14.5 Å². The fourth-order valence-electron chi connectivity index (χ4n) is 2.57. The predicted molar refractivity (Wildman–Crippen MR) is 96.8 cm³/mol. The molecule has 0 saturated heterocycles. The number of hydrogen-bond acceptors (Lipinski definition) is 2. The Labute approximate surface area is 155 Å². The Morgan fingerprint density at radius 2 is 1.42 bits per heavy atom. The van der Waals surface area contributed by atoms with Crippen LogP contribution in [0.2, 0.25) is 0 Å². The minimum absolute atomic E-state index is 0.344. The van der Waals surface area contributed by atoms with Crippen LogP contribution >= 0.6 is 0 Å². The van der Waals surface area contributed by atoms with E-state index < -0.39 is 12.1 Å². The van der Waals surface area contributed by atoms with Crippen LogP contribution in [-0.4, -0.2) is 28.9 Å². The van der Waals surface area contributed by atoms with Gasteiger partial charge in [0.2, 0.25) is 0 Å². The number of carbonyl (C=O) groups is 2. The van der Waals surface area contributed by atoms with Crippen LogP contribution in [-0.2, 0) is 15.6 Å². The van der Waals surface area contributed by atoms with Crippen molar-refractivity contribution in [3.8, 4) is 0 Å². The van der Waals surface area contributed by atoms with Gasteiger partial charge in [0.15, 0.2) is 0 Å². The maximum absolute atomic E-state index is 11.0. The molecule has 1 atom stereocenters. The molecule has 3 rings (SSSR count). The molecule has 1 aliphatic heterocycles. The van der Waals surface area contributed by atoms with Gasteiger partial charge in [0.05, 0.1) is 0 Å². The van der Waals surface area contributed by atoms with E-state index in [4.69, 9.17) is 0 Å². The Balaban J connectivity index is 0. The summed E-state index contributed by atoms with van der Waals surface area (Å²) < 4.78 is 0. The van der Waals surface area contributed by atoms with Crippen molar-refractivity contribution in [3.63, 3.8) is 0 Å². The van der Waals surface area contributed by atoms with Gasteiger partial charge < -0.3 is 6.42 Å². The number of carbonyl (C=O) groups excluding carboxylic acids is 2. The summed E-state index contributed by atoms with van der Waals surface area (Å²) in [6.45, 7) is 10.4. The summed E-state index contributed by atoms with van der Waals surface area (Å²) >= 11 is 3.00. The molecule has 5 nitrogen and oxygen atoms in total. The Bertz CT molecular complexity index is 338. The van der Waals surface area contributed by atoms with Gasteiger partial charge in [0, 0.05) is 6.54 Å². The Kier molecular flexibility index (Phi) is 19.1. The zero-order valence-electron chi connectivity index (χ0n) is 15.2. The maximum atomic E-state index is 11.0. The van der Waals surface area contributed by atoms with E-state index in [1.807, 2.05) is 13.8 Å². The fourth-order valence-corrected chi connectivity index (χ4v) is 2.57. The second-order valence-corrected chi connectivity index (χ2v) is 5.07. The van der Waals surface area contributed by atoms with Gasteiger partial charge in [-0.05, 0) is 0 Å². The van der Waals surface area contributed by atoms with E-state index in [2.05, 4.69) is 50.8 Å².